The van der Waals surface area contributed by atoms with Crippen molar-refractivity contribution in [3.05, 3.63) is 70.0 Å². The molecule has 0 bridgehead atoms. The number of amides is 1. The molecule has 1 fully saturated rings. The molecule has 2 unspecified atom stereocenters. The molecule has 0 aliphatic carbocycles. The van der Waals surface area contributed by atoms with Gasteiger partial charge in [0.2, 0.25) is 5.91 Å². The van der Waals surface area contributed by atoms with Crippen molar-refractivity contribution in [3.63, 3.8) is 0 Å². The molecule has 7 nitrogen and oxygen atoms in total. The second-order valence-electron chi connectivity index (χ2n) is 8.80. The van der Waals surface area contributed by atoms with E-state index in [-0.39, 0.29) is 24.7 Å². The number of benzene rings is 2. The number of nitrogens with one attached hydrogen (secondary N) is 2. The number of rotatable bonds is 7. The van der Waals surface area contributed by atoms with E-state index in [1.165, 1.54) is 5.56 Å². The van der Waals surface area contributed by atoms with Gasteiger partial charge in [0.1, 0.15) is 6.54 Å². The highest BCUT2D eigenvalue weighted by Gasteiger charge is 2.22. The SMILES string of the molecule is Cc1ccc(-c2n[nH]c(=S)n2CC(=O)NCc2ccccc2CN2CC(C)OC(C)C2)cc1. The fourth-order valence-electron chi connectivity index (χ4n) is 4.32. The number of ether oxygens (including phenoxy) is 1. The van der Waals surface area contributed by atoms with Gasteiger partial charge in [0, 0.05) is 31.7 Å². The number of morpholine rings is 1. The first kappa shape index (κ1) is 23.4. The first-order chi connectivity index (χ1) is 15.9. The van der Waals surface area contributed by atoms with Crippen molar-refractivity contribution in [2.75, 3.05) is 13.1 Å². The highest BCUT2D eigenvalue weighted by atomic mass is 32.1. The molecular formula is C25H31N5O2S. The Hall–Kier alpha value is -2.81. The van der Waals surface area contributed by atoms with Crippen molar-refractivity contribution in [2.45, 2.75) is 52.6 Å². The molecule has 8 heteroatoms. The average Bonchev–Trinajstić information content (AvgIpc) is 3.13. The summed E-state index contributed by atoms with van der Waals surface area (Å²) in [5.41, 5.74) is 4.42. The highest BCUT2D eigenvalue weighted by Crippen LogP contribution is 2.19. The van der Waals surface area contributed by atoms with E-state index < -0.39 is 0 Å². The summed E-state index contributed by atoms with van der Waals surface area (Å²) in [7, 11) is 0. The number of nitrogens with zero attached hydrogens (tertiary/aromatic N) is 3. The van der Waals surface area contributed by atoms with Crippen LogP contribution in [0.15, 0.2) is 48.5 Å². The minimum absolute atomic E-state index is 0.107. The van der Waals surface area contributed by atoms with Crippen LogP contribution in [-0.2, 0) is 29.2 Å². The minimum Gasteiger partial charge on any atom is -0.373 e. The lowest BCUT2D eigenvalue weighted by atomic mass is 10.1. The zero-order valence-electron chi connectivity index (χ0n) is 19.4. The van der Waals surface area contributed by atoms with E-state index in [1.54, 1.807) is 4.57 Å². The maximum absolute atomic E-state index is 12.8. The number of H-pyrrole nitrogens is 1. The third kappa shape index (κ3) is 5.96. The molecule has 1 aromatic heterocycles. The monoisotopic (exact) mass is 465 g/mol. The van der Waals surface area contributed by atoms with Gasteiger partial charge in [0.15, 0.2) is 10.6 Å². The van der Waals surface area contributed by atoms with E-state index in [2.05, 4.69) is 46.4 Å². The number of carbonyl (C=O) groups is 1. The van der Waals surface area contributed by atoms with Crippen LogP contribution in [0, 0.1) is 11.7 Å². The molecule has 1 aliphatic rings. The molecule has 4 rings (SSSR count). The Kier molecular flexibility index (Phi) is 7.37. The molecule has 33 heavy (non-hydrogen) atoms. The van der Waals surface area contributed by atoms with Crippen LogP contribution in [0.4, 0.5) is 0 Å². The van der Waals surface area contributed by atoms with Crippen LogP contribution in [0.1, 0.15) is 30.5 Å². The van der Waals surface area contributed by atoms with Gasteiger partial charge in [-0.05, 0) is 44.1 Å². The van der Waals surface area contributed by atoms with Crippen molar-refractivity contribution in [2.24, 2.45) is 0 Å². The quantitative estimate of drug-likeness (QED) is 0.519. The molecule has 3 aromatic rings. The Balaban J connectivity index is 1.41. The van der Waals surface area contributed by atoms with Gasteiger partial charge in [-0.1, -0.05) is 54.1 Å². The summed E-state index contributed by atoms with van der Waals surface area (Å²) in [5, 5.41) is 10.2. The van der Waals surface area contributed by atoms with E-state index >= 15 is 0 Å². The summed E-state index contributed by atoms with van der Waals surface area (Å²) < 4.78 is 8.01. The number of aryl methyl sites for hydroxylation is 1. The van der Waals surface area contributed by atoms with Gasteiger partial charge in [0.05, 0.1) is 12.2 Å². The minimum atomic E-state index is -0.107. The molecule has 1 aliphatic heterocycles. The van der Waals surface area contributed by atoms with E-state index in [1.807, 2.05) is 43.3 Å². The normalized spacial score (nSPS) is 18.9. The fourth-order valence-corrected chi connectivity index (χ4v) is 4.52. The van der Waals surface area contributed by atoms with Crippen molar-refractivity contribution in [3.8, 4) is 11.4 Å². The smallest absolute Gasteiger partial charge is 0.240 e. The molecule has 2 aromatic carbocycles. The van der Waals surface area contributed by atoms with Crippen molar-refractivity contribution in [1.82, 2.24) is 25.0 Å². The van der Waals surface area contributed by atoms with Crippen molar-refractivity contribution in [1.29, 1.82) is 0 Å². The van der Waals surface area contributed by atoms with E-state index in [9.17, 15) is 4.79 Å². The number of aromatic nitrogens is 3. The Labute approximate surface area is 199 Å². The predicted molar refractivity (Wildman–Crippen MR) is 131 cm³/mol. The Morgan fingerprint density at radius 2 is 1.79 bits per heavy atom. The maximum Gasteiger partial charge on any atom is 0.240 e. The van der Waals surface area contributed by atoms with Crippen LogP contribution in [0.25, 0.3) is 11.4 Å². The number of hydrogen-bond donors (Lipinski definition) is 2. The molecule has 0 radical (unpaired) electrons. The molecule has 2 N–H and O–H groups in total. The Bertz CT molecular complexity index is 1140. The standard InChI is InChI=1S/C25H31N5O2S/c1-17-8-10-20(11-9-17)24-27-28-25(33)30(24)16-23(31)26-12-21-6-4-5-7-22(21)15-29-13-18(2)32-19(3)14-29/h4-11,18-19H,12-16H2,1-3H3,(H,26,31)(H,28,33). The number of aromatic amines is 1. The summed E-state index contributed by atoms with van der Waals surface area (Å²) in [6.45, 7) is 9.49. The lowest BCUT2D eigenvalue weighted by molar-refractivity contribution is -0.121. The van der Waals surface area contributed by atoms with Crippen LogP contribution in [0.5, 0.6) is 0 Å². The highest BCUT2D eigenvalue weighted by molar-refractivity contribution is 7.71. The van der Waals surface area contributed by atoms with Gasteiger partial charge in [-0.3, -0.25) is 19.4 Å². The molecule has 0 saturated carbocycles. The summed E-state index contributed by atoms with van der Waals surface area (Å²) in [6, 6.07) is 16.3. The third-order valence-electron chi connectivity index (χ3n) is 5.85. The lowest BCUT2D eigenvalue weighted by Gasteiger charge is -2.35. The van der Waals surface area contributed by atoms with Gasteiger partial charge >= 0.3 is 0 Å². The largest absolute Gasteiger partial charge is 0.373 e. The topological polar surface area (TPSA) is 75.2 Å². The molecule has 0 spiro atoms. The number of carbonyl (C=O) groups excluding carboxylic acids is 1. The number of hydrogen-bond acceptors (Lipinski definition) is 5. The first-order valence-electron chi connectivity index (χ1n) is 11.3. The zero-order chi connectivity index (χ0) is 23.4. The summed E-state index contributed by atoms with van der Waals surface area (Å²) in [4.78, 5) is 15.2. The van der Waals surface area contributed by atoms with Crippen LogP contribution in [0.3, 0.4) is 0 Å². The van der Waals surface area contributed by atoms with Crippen LogP contribution < -0.4 is 5.32 Å². The molecule has 174 valence electrons. The van der Waals surface area contributed by atoms with Crippen LogP contribution in [-0.4, -0.2) is 50.9 Å². The first-order valence-corrected chi connectivity index (χ1v) is 11.7. The van der Waals surface area contributed by atoms with Gasteiger partial charge in [0.25, 0.3) is 0 Å². The van der Waals surface area contributed by atoms with Crippen molar-refractivity contribution >= 4 is 18.1 Å². The Morgan fingerprint density at radius 3 is 2.48 bits per heavy atom. The average molecular weight is 466 g/mol. The van der Waals surface area contributed by atoms with Crippen LogP contribution >= 0.6 is 12.2 Å². The maximum atomic E-state index is 12.8. The zero-order valence-corrected chi connectivity index (χ0v) is 20.2. The van der Waals surface area contributed by atoms with Gasteiger partial charge in [-0.25, -0.2) is 0 Å². The van der Waals surface area contributed by atoms with E-state index in [4.69, 9.17) is 17.0 Å². The molecule has 2 heterocycles. The van der Waals surface area contributed by atoms with Crippen LogP contribution in [0.2, 0.25) is 0 Å². The van der Waals surface area contributed by atoms with E-state index in [0.29, 0.717) is 17.1 Å². The lowest BCUT2D eigenvalue weighted by Crippen LogP contribution is -2.45. The molecule has 1 saturated heterocycles. The molecule has 2 atom stereocenters. The van der Waals surface area contributed by atoms with Gasteiger partial charge in [-0.2, -0.15) is 5.10 Å². The van der Waals surface area contributed by atoms with Gasteiger partial charge < -0.3 is 10.1 Å². The van der Waals surface area contributed by atoms with Gasteiger partial charge in [-0.15, -0.1) is 0 Å². The summed E-state index contributed by atoms with van der Waals surface area (Å²) in [5.74, 6) is 0.551. The predicted octanol–water partition coefficient (Wildman–Crippen LogP) is 3.84. The summed E-state index contributed by atoms with van der Waals surface area (Å²) >= 11 is 5.37. The Morgan fingerprint density at radius 1 is 1.12 bits per heavy atom. The summed E-state index contributed by atoms with van der Waals surface area (Å²) in [6.07, 6.45) is 0.450. The molecule has 1 amide bonds. The third-order valence-corrected chi connectivity index (χ3v) is 6.17. The molecular weight excluding hydrogens is 434 g/mol. The second-order valence-corrected chi connectivity index (χ2v) is 9.19. The fraction of sp³-hybridized carbons (Fsp3) is 0.400. The second kappa shape index (κ2) is 10.4. The van der Waals surface area contributed by atoms with E-state index in [0.717, 1.165) is 36.3 Å². The van der Waals surface area contributed by atoms with Crippen molar-refractivity contribution < 1.29 is 9.53 Å².